The summed E-state index contributed by atoms with van der Waals surface area (Å²) in [6.45, 7) is 3.58. The highest BCUT2D eigenvalue weighted by molar-refractivity contribution is 5.79. The van der Waals surface area contributed by atoms with Crippen LogP contribution in [0.5, 0.6) is 0 Å². The molecule has 3 N–H and O–H groups in total. The van der Waals surface area contributed by atoms with Crippen LogP contribution in [0.1, 0.15) is 56.2 Å². The third-order valence-electron chi connectivity index (χ3n) is 8.98. The van der Waals surface area contributed by atoms with Crippen molar-refractivity contribution in [2.45, 2.75) is 64.0 Å². The Bertz CT molecular complexity index is 817. The maximum atomic E-state index is 12.8. The van der Waals surface area contributed by atoms with Crippen LogP contribution in [0.4, 0.5) is 5.82 Å². The molecule has 4 aliphatic carbocycles. The molecular formula is C24H35N5O2. The number of fused-ring (bicyclic) bond motifs is 1. The van der Waals surface area contributed by atoms with Crippen LogP contribution in [-0.4, -0.2) is 58.2 Å². The summed E-state index contributed by atoms with van der Waals surface area (Å²) in [6, 6.07) is 0. The summed E-state index contributed by atoms with van der Waals surface area (Å²) >= 11 is 0. The molecule has 4 bridgehead atoms. The summed E-state index contributed by atoms with van der Waals surface area (Å²) in [4.78, 5) is 23.8. The normalized spacial score (nSPS) is 37.0. The zero-order valence-electron chi connectivity index (χ0n) is 18.4. The Morgan fingerprint density at radius 3 is 2.65 bits per heavy atom. The number of nitrogens with zero attached hydrogens (tertiary/aromatic N) is 3. The standard InChI is InChI=1S/C24H35N5O2/c30-21(24-8-15-5-16(9-24)7-17(6-15)10-24)12-26-22-19-2-4-29(13-20(19)27-14-28-22)23(31)18-1-3-25-11-18/h14-18,21,25,30H,1-13H2,(H,26,27,28)/t15?,16?,17?,18?,21-,24?/m1/s1. The number of amides is 1. The molecule has 7 rings (SSSR count). The van der Waals surface area contributed by atoms with Gasteiger partial charge in [0.2, 0.25) is 5.91 Å². The van der Waals surface area contributed by atoms with Gasteiger partial charge in [-0.05, 0) is 81.1 Å². The summed E-state index contributed by atoms with van der Waals surface area (Å²) in [5.74, 6) is 3.73. The van der Waals surface area contributed by atoms with Crippen LogP contribution >= 0.6 is 0 Å². The van der Waals surface area contributed by atoms with E-state index in [9.17, 15) is 9.90 Å². The van der Waals surface area contributed by atoms with E-state index in [0.29, 0.717) is 13.1 Å². The van der Waals surface area contributed by atoms with Gasteiger partial charge in [-0.15, -0.1) is 0 Å². The van der Waals surface area contributed by atoms with Crippen molar-refractivity contribution in [2.75, 3.05) is 31.5 Å². The molecule has 1 unspecified atom stereocenters. The Kier molecular flexibility index (Phi) is 4.94. The number of rotatable bonds is 5. The van der Waals surface area contributed by atoms with Gasteiger partial charge < -0.3 is 20.6 Å². The molecule has 5 fully saturated rings. The molecule has 31 heavy (non-hydrogen) atoms. The summed E-state index contributed by atoms with van der Waals surface area (Å²) in [7, 11) is 0. The van der Waals surface area contributed by atoms with Crippen molar-refractivity contribution >= 4 is 11.7 Å². The Morgan fingerprint density at radius 1 is 1.23 bits per heavy atom. The van der Waals surface area contributed by atoms with E-state index in [0.717, 1.165) is 67.3 Å². The third-order valence-corrected chi connectivity index (χ3v) is 8.98. The molecule has 2 atom stereocenters. The Morgan fingerprint density at radius 2 is 1.97 bits per heavy atom. The van der Waals surface area contributed by atoms with Gasteiger partial charge in [0.1, 0.15) is 12.1 Å². The largest absolute Gasteiger partial charge is 0.391 e. The molecular weight excluding hydrogens is 390 g/mol. The van der Waals surface area contributed by atoms with E-state index in [1.165, 1.54) is 38.5 Å². The number of nitrogens with one attached hydrogen (secondary N) is 2. The van der Waals surface area contributed by atoms with Gasteiger partial charge in [0.05, 0.1) is 24.3 Å². The van der Waals surface area contributed by atoms with Gasteiger partial charge in [-0.2, -0.15) is 0 Å². The number of aliphatic hydroxyl groups excluding tert-OH is 1. The van der Waals surface area contributed by atoms with Gasteiger partial charge in [0, 0.05) is 25.2 Å². The number of carbonyl (C=O) groups excluding carboxylic acids is 1. The lowest BCUT2D eigenvalue weighted by molar-refractivity contribution is -0.135. The number of aromatic nitrogens is 2. The van der Waals surface area contributed by atoms with Crippen molar-refractivity contribution in [3.8, 4) is 0 Å². The molecule has 1 aromatic rings. The van der Waals surface area contributed by atoms with Crippen molar-refractivity contribution in [1.29, 1.82) is 0 Å². The van der Waals surface area contributed by atoms with E-state index in [1.807, 2.05) is 4.90 Å². The zero-order chi connectivity index (χ0) is 21.0. The lowest BCUT2D eigenvalue weighted by Gasteiger charge is -2.58. The predicted molar refractivity (Wildman–Crippen MR) is 117 cm³/mol. The SMILES string of the molecule is O=C(C1CCNC1)N1CCc2c(ncnc2NC[C@@H](O)C23CC4CC(CC(C4)C2)C3)C1. The first kappa shape index (κ1) is 19.9. The van der Waals surface area contributed by atoms with Gasteiger partial charge in [-0.1, -0.05) is 0 Å². The van der Waals surface area contributed by atoms with Gasteiger partial charge >= 0.3 is 0 Å². The molecule has 4 saturated carbocycles. The topological polar surface area (TPSA) is 90.4 Å². The quantitative estimate of drug-likeness (QED) is 0.668. The van der Waals surface area contributed by atoms with Crippen LogP contribution in [0.15, 0.2) is 6.33 Å². The van der Waals surface area contributed by atoms with Gasteiger partial charge in [0.15, 0.2) is 0 Å². The first-order chi connectivity index (χ1) is 15.1. The van der Waals surface area contributed by atoms with E-state index < -0.39 is 0 Å². The van der Waals surface area contributed by atoms with Gasteiger partial charge in [-0.3, -0.25) is 4.79 Å². The minimum atomic E-state index is -0.317. The maximum absolute atomic E-state index is 12.8. The smallest absolute Gasteiger partial charge is 0.227 e. The van der Waals surface area contributed by atoms with Crippen LogP contribution in [0, 0.1) is 29.1 Å². The molecule has 7 heteroatoms. The van der Waals surface area contributed by atoms with E-state index in [2.05, 4.69) is 20.6 Å². The Labute approximate surface area is 184 Å². The molecule has 7 nitrogen and oxygen atoms in total. The second kappa shape index (κ2) is 7.69. The molecule has 0 aromatic carbocycles. The molecule has 1 saturated heterocycles. The predicted octanol–water partition coefficient (Wildman–Crippen LogP) is 1.96. The van der Waals surface area contributed by atoms with E-state index >= 15 is 0 Å². The van der Waals surface area contributed by atoms with Crippen LogP contribution in [0.25, 0.3) is 0 Å². The third kappa shape index (κ3) is 3.54. The minimum absolute atomic E-state index is 0.108. The number of hydrogen-bond acceptors (Lipinski definition) is 6. The summed E-state index contributed by atoms with van der Waals surface area (Å²) in [5.41, 5.74) is 2.19. The van der Waals surface area contributed by atoms with Crippen molar-refractivity contribution in [1.82, 2.24) is 20.2 Å². The number of carbonyl (C=O) groups is 1. The number of hydrogen-bond donors (Lipinski definition) is 3. The van der Waals surface area contributed by atoms with E-state index in [1.54, 1.807) is 6.33 Å². The summed E-state index contributed by atoms with van der Waals surface area (Å²) in [5, 5.41) is 18.0. The first-order valence-electron chi connectivity index (χ1n) is 12.3. The average molecular weight is 426 g/mol. The molecule has 2 aliphatic heterocycles. The lowest BCUT2D eigenvalue weighted by atomic mass is 9.48. The molecule has 1 amide bonds. The van der Waals surface area contributed by atoms with Crippen LogP contribution in [0.2, 0.25) is 0 Å². The average Bonchev–Trinajstić information content (AvgIpc) is 3.30. The Hall–Kier alpha value is -1.73. The van der Waals surface area contributed by atoms with Crippen molar-refractivity contribution in [2.24, 2.45) is 29.1 Å². The highest BCUT2D eigenvalue weighted by Gasteiger charge is 2.53. The highest BCUT2D eigenvalue weighted by Crippen LogP contribution is 2.61. The molecule has 0 spiro atoms. The van der Waals surface area contributed by atoms with E-state index in [4.69, 9.17) is 0 Å². The second-order valence-corrected chi connectivity index (χ2v) is 11.0. The lowest BCUT2D eigenvalue weighted by Crippen LogP contribution is -2.53. The van der Waals surface area contributed by atoms with Gasteiger partial charge in [-0.25, -0.2) is 9.97 Å². The monoisotopic (exact) mass is 425 g/mol. The maximum Gasteiger partial charge on any atom is 0.227 e. The second-order valence-electron chi connectivity index (χ2n) is 11.0. The first-order valence-corrected chi connectivity index (χ1v) is 12.3. The van der Waals surface area contributed by atoms with Gasteiger partial charge in [0.25, 0.3) is 0 Å². The van der Waals surface area contributed by atoms with Crippen molar-refractivity contribution in [3.63, 3.8) is 0 Å². The van der Waals surface area contributed by atoms with Crippen molar-refractivity contribution in [3.05, 3.63) is 17.6 Å². The summed E-state index contributed by atoms with van der Waals surface area (Å²) < 4.78 is 0. The van der Waals surface area contributed by atoms with Crippen molar-refractivity contribution < 1.29 is 9.90 Å². The number of anilines is 1. The molecule has 6 aliphatic rings. The fourth-order valence-electron chi connectivity index (χ4n) is 7.81. The Balaban J connectivity index is 1.12. The van der Waals surface area contributed by atoms with Crippen LogP contribution < -0.4 is 10.6 Å². The number of aliphatic hydroxyl groups is 1. The minimum Gasteiger partial charge on any atom is -0.391 e. The highest BCUT2D eigenvalue weighted by atomic mass is 16.3. The molecule has 0 radical (unpaired) electrons. The van der Waals surface area contributed by atoms with Crippen LogP contribution in [0.3, 0.4) is 0 Å². The fourth-order valence-corrected chi connectivity index (χ4v) is 7.81. The molecule has 168 valence electrons. The molecule has 3 heterocycles. The molecule has 1 aromatic heterocycles. The van der Waals surface area contributed by atoms with E-state index in [-0.39, 0.29) is 23.3 Å². The zero-order valence-corrected chi connectivity index (χ0v) is 18.4. The fraction of sp³-hybridized carbons (Fsp3) is 0.792. The van der Waals surface area contributed by atoms with Crippen LogP contribution in [-0.2, 0) is 17.8 Å². The summed E-state index contributed by atoms with van der Waals surface area (Å²) in [6.07, 6.45) is 10.8.